The minimum atomic E-state index is -0.780. The molecular formula is C8H11NO2. The van der Waals surface area contributed by atoms with Crippen molar-refractivity contribution in [2.75, 3.05) is 6.61 Å². The number of nitrogens with zero attached hydrogens (tertiary/aromatic N) is 1. The van der Waals surface area contributed by atoms with Crippen LogP contribution in [0.2, 0.25) is 0 Å². The standard InChI is InChI=1S/C8H11NO2/c1-6-4-9-3-2-7(6)8(11)5-10/h2-4,8,10-11H,5H2,1H3. The summed E-state index contributed by atoms with van der Waals surface area (Å²) in [5.74, 6) is 0. The highest BCUT2D eigenvalue weighted by molar-refractivity contribution is 5.23. The summed E-state index contributed by atoms with van der Waals surface area (Å²) in [6.45, 7) is 1.60. The van der Waals surface area contributed by atoms with Gasteiger partial charge in [0, 0.05) is 12.4 Å². The molecule has 0 aliphatic heterocycles. The molecule has 2 N–H and O–H groups in total. The van der Waals surface area contributed by atoms with Gasteiger partial charge in [0.05, 0.1) is 6.61 Å². The number of rotatable bonds is 2. The minimum Gasteiger partial charge on any atom is -0.393 e. The van der Waals surface area contributed by atoms with Gasteiger partial charge >= 0.3 is 0 Å². The molecule has 3 nitrogen and oxygen atoms in total. The predicted octanol–water partition coefficient (Wildman–Crippen LogP) is 0.416. The molecule has 1 rings (SSSR count). The van der Waals surface area contributed by atoms with Crippen molar-refractivity contribution in [2.45, 2.75) is 13.0 Å². The smallest absolute Gasteiger partial charge is 0.102 e. The monoisotopic (exact) mass is 153 g/mol. The van der Waals surface area contributed by atoms with Crippen molar-refractivity contribution in [3.05, 3.63) is 29.6 Å². The third kappa shape index (κ3) is 1.76. The molecule has 0 bridgehead atoms. The van der Waals surface area contributed by atoms with Crippen molar-refractivity contribution in [1.82, 2.24) is 4.98 Å². The van der Waals surface area contributed by atoms with Gasteiger partial charge in [0.25, 0.3) is 0 Å². The predicted molar refractivity (Wildman–Crippen MR) is 41.0 cm³/mol. The molecule has 1 atom stereocenters. The van der Waals surface area contributed by atoms with Crippen LogP contribution in [0.1, 0.15) is 17.2 Å². The van der Waals surface area contributed by atoms with Crippen molar-refractivity contribution in [1.29, 1.82) is 0 Å². The molecular weight excluding hydrogens is 142 g/mol. The first kappa shape index (κ1) is 8.17. The molecule has 1 unspecified atom stereocenters. The molecule has 3 heteroatoms. The van der Waals surface area contributed by atoms with Crippen molar-refractivity contribution >= 4 is 0 Å². The number of aromatic nitrogens is 1. The second-order valence-electron chi connectivity index (χ2n) is 2.43. The van der Waals surface area contributed by atoms with Gasteiger partial charge in [-0.15, -0.1) is 0 Å². The highest BCUT2D eigenvalue weighted by atomic mass is 16.3. The fourth-order valence-electron chi connectivity index (χ4n) is 0.956. The summed E-state index contributed by atoms with van der Waals surface area (Å²) in [7, 11) is 0. The van der Waals surface area contributed by atoms with Crippen LogP contribution >= 0.6 is 0 Å². The first-order valence-electron chi connectivity index (χ1n) is 3.45. The Morgan fingerprint density at radius 3 is 2.91 bits per heavy atom. The van der Waals surface area contributed by atoms with Gasteiger partial charge in [0.15, 0.2) is 0 Å². The van der Waals surface area contributed by atoms with Gasteiger partial charge in [-0.1, -0.05) is 0 Å². The molecule has 0 saturated heterocycles. The van der Waals surface area contributed by atoms with Crippen LogP contribution < -0.4 is 0 Å². The van der Waals surface area contributed by atoms with E-state index in [9.17, 15) is 5.11 Å². The van der Waals surface area contributed by atoms with Crippen LogP contribution in [0.4, 0.5) is 0 Å². The molecule has 1 aromatic heterocycles. The van der Waals surface area contributed by atoms with E-state index in [1.54, 1.807) is 18.5 Å². The van der Waals surface area contributed by atoms with Gasteiger partial charge < -0.3 is 10.2 Å². The molecule has 0 aromatic carbocycles. The lowest BCUT2D eigenvalue weighted by atomic mass is 10.1. The number of pyridine rings is 1. The van der Waals surface area contributed by atoms with E-state index in [-0.39, 0.29) is 6.61 Å². The maximum absolute atomic E-state index is 9.23. The van der Waals surface area contributed by atoms with Crippen LogP contribution in [0.25, 0.3) is 0 Å². The summed E-state index contributed by atoms with van der Waals surface area (Å²) in [6.07, 6.45) is 2.48. The van der Waals surface area contributed by atoms with Crippen LogP contribution in [-0.4, -0.2) is 21.8 Å². The maximum Gasteiger partial charge on any atom is 0.102 e. The van der Waals surface area contributed by atoms with Gasteiger partial charge in [0.1, 0.15) is 6.10 Å². The molecule has 0 radical (unpaired) electrons. The Morgan fingerprint density at radius 2 is 2.36 bits per heavy atom. The summed E-state index contributed by atoms with van der Waals surface area (Å²) in [4.78, 5) is 3.87. The third-order valence-corrected chi connectivity index (χ3v) is 1.60. The van der Waals surface area contributed by atoms with Gasteiger partial charge in [-0.05, 0) is 24.1 Å². The van der Waals surface area contributed by atoms with Gasteiger partial charge in [-0.25, -0.2) is 0 Å². The lowest BCUT2D eigenvalue weighted by Crippen LogP contribution is -2.04. The maximum atomic E-state index is 9.23. The first-order chi connectivity index (χ1) is 5.25. The second-order valence-corrected chi connectivity index (χ2v) is 2.43. The molecule has 11 heavy (non-hydrogen) atoms. The number of aryl methyl sites for hydroxylation is 1. The van der Waals surface area contributed by atoms with Crippen LogP contribution in [0.15, 0.2) is 18.5 Å². The van der Waals surface area contributed by atoms with E-state index in [1.807, 2.05) is 6.92 Å². The molecule has 0 spiro atoms. The highest BCUT2D eigenvalue weighted by Crippen LogP contribution is 2.14. The molecule has 1 aromatic rings. The van der Waals surface area contributed by atoms with Crippen molar-refractivity contribution in [2.24, 2.45) is 0 Å². The molecule has 0 fully saturated rings. The second kappa shape index (κ2) is 3.46. The zero-order valence-corrected chi connectivity index (χ0v) is 6.36. The van der Waals surface area contributed by atoms with Crippen molar-refractivity contribution < 1.29 is 10.2 Å². The molecule has 1 heterocycles. The summed E-state index contributed by atoms with van der Waals surface area (Å²) >= 11 is 0. The van der Waals surface area contributed by atoms with E-state index in [0.717, 1.165) is 11.1 Å². The van der Waals surface area contributed by atoms with E-state index >= 15 is 0 Å². The van der Waals surface area contributed by atoms with Crippen LogP contribution in [-0.2, 0) is 0 Å². The van der Waals surface area contributed by atoms with E-state index in [1.165, 1.54) is 0 Å². The fraction of sp³-hybridized carbons (Fsp3) is 0.375. The topological polar surface area (TPSA) is 53.4 Å². The largest absolute Gasteiger partial charge is 0.393 e. The number of hydrogen-bond acceptors (Lipinski definition) is 3. The van der Waals surface area contributed by atoms with Crippen LogP contribution in [0.5, 0.6) is 0 Å². The Balaban J connectivity index is 2.93. The average molecular weight is 153 g/mol. The number of aliphatic hydroxyl groups is 2. The van der Waals surface area contributed by atoms with Crippen LogP contribution in [0, 0.1) is 6.92 Å². The lowest BCUT2D eigenvalue weighted by molar-refractivity contribution is 0.0950. The highest BCUT2D eigenvalue weighted by Gasteiger charge is 2.07. The summed E-state index contributed by atoms with van der Waals surface area (Å²) in [5, 5.41) is 17.9. The summed E-state index contributed by atoms with van der Waals surface area (Å²) in [5.41, 5.74) is 1.64. The van der Waals surface area contributed by atoms with Gasteiger partial charge in [0.2, 0.25) is 0 Å². The van der Waals surface area contributed by atoms with Crippen molar-refractivity contribution in [3.8, 4) is 0 Å². The zero-order chi connectivity index (χ0) is 8.27. The molecule has 0 saturated carbocycles. The third-order valence-electron chi connectivity index (χ3n) is 1.60. The van der Waals surface area contributed by atoms with E-state index in [2.05, 4.69) is 4.98 Å². The number of hydrogen-bond donors (Lipinski definition) is 2. The number of aliphatic hydroxyl groups excluding tert-OH is 2. The molecule has 60 valence electrons. The van der Waals surface area contributed by atoms with Crippen molar-refractivity contribution in [3.63, 3.8) is 0 Å². The Bertz CT molecular complexity index is 237. The SMILES string of the molecule is Cc1cnccc1C(O)CO. The van der Waals surface area contributed by atoms with Gasteiger partial charge in [-0.3, -0.25) is 4.98 Å². The van der Waals surface area contributed by atoms with E-state index < -0.39 is 6.10 Å². The fourth-order valence-corrected chi connectivity index (χ4v) is 0.956. The Labute approximate surface area is 65.3 Å². The molecule has 0 aliphatic rings. The quantitative estimate of drug-likeness (QED) is 0.647. The minimum absolute atomic E-state index is 0.245. The summed E-state index contributed by atoms with van der Waals surface area (Å²) in [6, 6.07) is 1.70. The first-order valence-corrected chi connectivity index (χ1v) is 3.45. The Morgan fingerprint density at radius 1 is 1.64 bits per heavy atom. The average Bonchev–Trinajstić information content (AvgIpc) is 2.04. The van der Waals surface area contributed by atoms with Crippen LogP contribution in [0.3, 0.4) is 0 Å². The lowest BCUT2D eigenvalue weighted by Gasteiger charge is -2.08. The summed E-state index contributed by atoms with van der Waals surface area (Å²) < 4.78 is 0. The zero-order valence-electron chi connectivity index (χ0n) is 6.36. The molecule has 0 amide bonds. The molecule has 0 aliphatic carbocycles. The van der Waals surface area contributed by atoms with E-state index in [0.29, 0.717) is 0 Å². The van der Waals surface area contributed by atoms with Gasteiger partial charge in [-0.2, -0.15) is 0 Å². The Hall–Kier alpha value is -0.930. The van der Waals surface area contributed by atoms with E-state index in [4.69, 9.17) is 5.11 Å². The Kier molecular flexibility index (Phi) is 2.57. The normalized spacial score (nSPS) is 13.0.